The highest BCUT2D eigenvalue weighted by Gasteiger charge is 2.62. The fraction of sp³-hybridized carbons (Fsp3) is 0.905. The van der Waals surface area contributed by atoms with Gasteiger partial charge in [-0.25, -0.2) is 4.79 Å². The largest absolute Gasteiger partial charge is 0.450 e. The standard InChI is InChI=1S/C21H33N3O4/c1-3-23(13-5-6-13)20(25)19-17-9-22(10-18(17)19)14-7-15-11-27-12-16(8-14)24(15)21(26)28-4-2/h13-19H,3-12H2,1-2H3/t14?,15?,16?,17-,18+,19+. The third kappa shape index (κ3) is 3.11. The van der Waals surface area contributed by atoms with E-state index < -0.39 is 0 Å². The van der Waals surface area contributed by atoms with Crippen molar-refractivity contribution in [1.29, 1.82) is 0 Å². The lowest BCUT2D eigenvalue weighted by Gasteiger charge is -2.49. The first-order valence-corrected chi connectivity index (χ1v) is 11.2. The molecule has 2 bridgehead atoms. The van der Waals surface area contributed by atoms with E-state index in [0.717, 1.165) is 32.5 Å². The normalized spacial score (nSPS) is 39.4. The fourth-order valence-corrected chi connectivity index (χ4v) is 6.08. The molecule has 0 aromatic rings. The van der Waals surface area contributed by atoms with Gasteiger partial charge in [-0.3, -0.25) is 14.6 Å². The Morgan fingerprint density at radius 1 is 1.04 bits per heavy atom. The Kier molecular flexibility index (Phi) is 4.78. The third-order valence-electron chi connectivity index (χ3n) is 7.61. The Morgan fingerprint density at radius 2 is 1.68 bits per heavy atom. The summed E-state index contributed by atoms with van der Waals surface area (Å²) in [7, 11) is 0. The molecule has 5 fully saturated rings. The summed E-state index contributed by atoms with van der Waals surface area (Å²) in [5.41, 5.74) is 0. The monoisotopic (exact) mass is 391 g/mol. The van der Waals surface area contributed by atoms with Crippen molar-refractivity contribution >= 4 is 12.0 Å². The molecule has 28 heavy (non-hydrogen) atoms. The topological polar surface area (TPSA) is 62.3 Å². The number of piperidine rings is 2. The minimum atomic E-state index is -0.186. The van der Waals surface area contributed by atoms with E-state index in [1.807, 2.05) is 11.8 Å². The number of morpholine rings is 1. The summed E-state index contributed by atoms with van der Waals surface area (Å²) in [6.45, 7) is 8.56. The van der Waals surface area contributed by atoms with Gasteiger partial charge in [0.05, 0.1) is 31.9 Å². The van der Waals surface area contributed by atoms with Crippen molar-refractivity contribution < 1.29 is 19.1 Å². The van der Waals surface area contributed by atoms with E-state index in [1.54, 1.807) is 0 Å². The van der Waals surface area contributed by atoms with E-state index in [-0.39, 0.29) is 24.1 Å². The van der Waals surface area contributed by atoms with Crippen LogP contribution in [0.5, 0.6) is 0 Å². The van der Waals surface area contributed by atoms with Crippen LogP contribution in [0.1, 0.15) is 39.5 Å². The number of rotatable bonds is 5. The minimum absolute atomic E-state index is 0.122. The maximum absolute atomic E-state index is 12.9. The van der Waals surface area contributed by atoms with Gasteiger partial charge in [0.2, 0.25) is 5.91 Å². The summed E-state index contributed by atoms with van der Waals surface area (Å²) in [6, 6.07) is 1.27. The zero-order chi connectivity index (χ0) is 19.4. The van der Waals surface area contributed by atoms with Crippen molar-refractivity contribution in [2.24, 2.45) is 17.8 Å². The Balaban J connectivity index is 1.18. The van der Waals surface area contributed by atoms with Crippen LogP contribution in [0.15, 0.2) is 0 Å². The molecule has 3 saturated heterocycles. The van der Waals surface area contributed by atoms with Crippen LogP contribution in [0.2, 0.25) is 0 Å². The molecule has 0 radical (unpaired) electrons. The number of hydrogen-bond acceptors (Lipinski definition) is 5. The predicted molar refractivity (Wildman–Crippen MR) is 103 cm³/mol. The van der Waals surface area contributed by atoms with Crippen LogP contribution < -0.4 is 0 Å². The van der Waals surface area contributed by atoms with Crippen molar-refractivity contribution in [2.45, 2.75) is 63.7 Å². The van der Waals surface area contributed by atoms with Gasteiger partial charge >= 0.3 is 6.09 Å². The van der Waals surface area contributed by atoms with E-state index in [1.165, 1.54) is 12.8 Å². The molecular formula is C21H33N3O4. The third-order valence-corrected chi connectivity index (χ3v) is 7.61. The van der Waals surface area contributed by atoms with Crippen molar-refractivity contribution in [3.8, 4) is 0 Å². The molecule has 2 aliphatic carbocycles. The Hall–Kier alpha value is -1.34. The first-order valence-electron chi connectivity index (χ1n) is 11.2. The molecule has 2 saturated carbocycles. The van der Waals surface area contributed by atoms with Gasteiger partial charge in [0.1, 0.15) is 0 Å². The zero-order valence-corrected chi connectivity index (χ0v) is 17.1. The van der Waals surface area contributed by atoms with Crippen LogP contribution in [0.3, 0.4) is 0 Å². The van der Waals surface area contributed by atoms with Crippen LogP contribution >= 0.6 is 0 Å². The van der Waals surface area contributed by atoms with Gasteiger partial charge in [0, 0.05) is 37.6 Å². The average molecular weight is 392 g/mol. The second-order valence-electron chi connectivity index (χ2n) is 9.24. The molecule has 0 spiro atoms. The molecule has 7 nitrogen and oxygen atoms in total. The number of ether oxygens (including phenoxy) is 2. The van der Waals surface area contributed by atoms with E-state index in [9.17, 15) is 9.59 Å². The number of hydrogen-bond donors (Lipinski definition) is 0. The van der Waals surface area contributed by atoms with Crippen molar-refractivity contribution in [3.05, 3.63) is 0 Å². The fourth-order valence-electron chi connectivity index (χ4n) is 6.08. The van der Waals surface area contributed by atoms with Crippen molar-refractivity contribution in [3.63, 3.8) is 0 Å². The highest BCUT2D eigenvalue weighted by atomic mass is 16.6. The molecule has 5 rings (SSSR count). The second-order valence-corrected chi connectivity index (χ2v) is 9.24. The number of nitrogens with zero attached hydrogens (tertiary/aromatic N) is 3. The molecule has 3 aliphatic heterocycles. The van der Waals surface area contributed by atoms with E-state index in [2.05, 4.69) is 16.7 Å². The summed E-state index contributed by atoms with van der Waals surface area (Å²) in [6.07, 6.45) is 4.11. The van der Waals surface area contributed by atoms with Gasteiger partial charge in [0.15, 0.2) is 0 Å². The lowest BCUT2D eigenvalue weighted by atomic mass is 9.89. The van der Waals surface area contributed by atoms with E-state index >= 15 is 0 Å². The van der Waals surface area contributed by atoms with E-state index in [4.69, 9.17) is 9.47 Å². The Morgan fingerprint density at radius 3 is 2.21 bits per heavy atom. The Bertz CT molecular complexity index is 613. The Labute approximate surface area is 167 Å². The lowest BCUT2D eigenvalue weighted by Crippen LogP contribution is -2.62. The van der Waals surface area contributed by atoms with Crippen LogP contribution in [0.25, 0.3) is 0 Å². The molecule has 7 heteroatoms. The van der Waals surface area contributed by atoms with Crippen molar-refractivity contribution in [2.75, 3.05) is 39.5 Å². The maximum Gasteiger partial charge on any atom is 0.410 e. The maximum atomic E-state index is 12.9. The van der Waals surface area contributed by atoms with Crippen LogP contribution in [-0.4, -0.2) is 90.3 Å². The lowest BCUT2D eigenvalue weighted by molar-refractivity contribution is -0.134. The van der Waals surface area contributed by atoms with Gasteiger partial charge in [-0.05, 0) is 51.4 Å². The second kappa shape index (κ2) is 7.17. The summed E-state index contributed by atoms with van der Waals surface area (Å²) in [5, 5.41) is 0. The summed E-state index contributed by atoms with van der Waals surface area (Å²) < 4.78 is 11.0. The van der Waals surface area contributed by atoms with Crippen LogP contribution in [-0.2, 0) is 14.3 Å². The highest BCUT2D eigenvalue weighted by molar-refractivity contribution is 5.83. The summed E-state index contributed by atoms with van der Waals surface area (Å²) >= 11 is 0. The number of carbonyl (C=O) groups is 2. The molecule has 0 aromatic heterocycles. The first kappa shape index (κ1) is 18.7. The van der Waals surface area contributed by atoms with Crippen molar-refractivity contribution in [1.82, 2.24) is 14.7 Å². The first-order chi connectivity index (χ1) is 13.6. The highest BCUT2D eigenvalue weighted by Crippen LogP contribution is 2.54. The molecule has 5 aliphatic rings. The minimum Gasteiger partial charge on any atom is -0.450 e. The molecular weight excluding hydrogens is 358 g/mol. The van der Waals surface area contributed by atoms with Crippen LogP contribution in [0.4, 0.5) is 4.79 Å². The SMILES string of the molecule is CCOC(=O)N1C2COCC1CC(N1C[C@@H]3[C@H](C1)[C@H]3C(=O)N(CC)C1CC1)C2. The molecule has 156 valence electrons. The molecule has 0 N–H and O–H groups in total. The molecule has 2 amide bonds. The van der Waals surface area contributed by atoms with Gasteiger partial charge < -0.3 is 14.4 Å². The van der Waals surface area contributed by atoms with Gasteiger partial charge in [-0.2, -0.15) is 0 Å². The van der Waals surface area contributed by atoms with Gasteiger partial charge in [-0.1, -0.05) is 0 Å². The predicted octanol–water partition coefficient (Wildman–Crippen LogP) is 1.56. The van der Waals surface area contributed by atoms with E-state index in [0.29, 0.717) is 49.6 Å². The molecule has 0 aromatic carbocycles. The number of amides is 2. The molecule has 5 atom stereocenters. The van der Waals surface area contributed by atoms with Crippen LogP contribution in [0, 0.1) is 17.8 Å². The van der Waals surface area contributed by atoms with Gasteiger partial charge in [0.25, 0.3) is 0 Å². The number of carbonyl (C=O) groups excluding carboxylic acids is 2. The zero-order valence-electron chi connectivity index (χ0n) is 17.1. The summed E-state index contributed by atoms with van der Waals surface area (Å²) in [5.74, 6) is 1.81. The average Bonchev–Trinajstić information content (AvgIpc) is 3.58. The summed E-state index contributed by atoms with van der Waals surface area (Å²) in [4.78, 5) is 31.9. The molecule has 3 heterocycles. The quantitative estimate of drug-likeness (QED) is 0.712. The number of likely N-dealkylation sites (tertiary alicyclic amines) is 1. The number of fused-ring (bicyclic) bond motifs is 3. The molecule has 2 unspecified atom stereocenters. The van der Waals surface area contributed by atoms with Gasteiger partial charge in [-0.15, -0.1) is 0 Å². The smallest absolute Gasteiger partial charge is 0.410 e.